The third kappa shape index (κ3) is 6.12. The minimum absolute atomic E-state index is 0. The van der Waals surface area contributed by atoms with Crippen molar-refractivity contribution >= 4 is 9.52 Å². The number of rotatable bonds is 0. The molecule has 0 heterocycles. The molecule has 86 valence electrons. The van der Waals surface area contributed by atoms with Crippen LogP contribution in [0.4, 0.5) is 0 Å². The molecule has 0 spiro atoms. The van der Waals surface area contributed by atoms with Crippen LogP contribution in [0.15, 0.2) is 18.2 Å². The van der Waals surface area contributed by atoms with E-state index in [1.165, 1.54) is 25.7 Å². The van der Waals surface area contributed by atoms with Crippen LogP contribution in [0.1, 0.15) is 44.7 Å². The summed E-state index contributed by atoms with van der Waals surface area (Å²) < 4.78 is 0. The van der Waals surface area contributed by atoms with Gasteiger partial charge in [-0.05, 0) is 0 Å². The summed E-state index contributed by atoms with van der Waals surface area (Å²) in [5.74, 6) is 0. The van der Waals surface area contributed by atoms with Gasteiger partial charge in [0.25, 0.3) is 0 Å². The standard InChI is InChI=1S/C9H11.C5H11Si.Ti/c1-2-5-9-7-3-6-8(9)4-1;1-5(2,3)6-4;/h3,6-7H,1-2,4-5H2;4H2,1-3H3;/q2*-1;+2. The van der Waals surface area contributed by atoms with Crippen LogP contribution in [0.5, 0.6) is 0 Å². The van der Waals surface area contributed by atoms with Gasteiger partial charge in [0.05, 0.1) is 0 Å². The molecule has 0 nitrogen and oxygen atoms in total. The SMILES string of the molecule is [CH2-][Si]C(C)(C)C.[Ti+2].c1cc2c([cH-]1)CCCC2. The van der Waals surface area contributed by atoms with E-state index in [4.69, 9.17) is 0 Å². The van der Waals surface area contributed by atoms with Crippen molar-refractivity contribution in [3.63, 3.8) is 0 Å². The molecular weight excluding hydrogens is 244 g/mol. The molecule has 0 aliphatic heterocycles. The van der Waals surface area contributed by atoms with Gasteiger partial charge < -0.3 is 6.55 Å². The third-order valence-electron chi connectivity index (χ3n) is 2.68. The summed E-state index contributed by atoms with van der Waals surface area (Å²) in [5.41, 5.74) is 3.20. The third-order valence-corrected chi connectivity index (χ3v) is 3.74. The Morgan fingerprint density at radius 3 is 2.31 bits per heavy atom. The number of hydrogen-bond acceptors (Lipinski definition) is 0. The fourth-order valence-electron chi connectivity index (χ4n) is 1.61. The molecule has 0 atom stereocenters. The van der Waals surface area contributed by atoms with E-state index in [-0.39, 0.29) is 21.7 Å². The average molecular weight is 266 g/mol. The fourth-order valence-corrected chi connectivity index (χ4v) is 1.61. The van der Waals surface area contributed by atoms with Crippen molar-refractivity contribution in [3.8, 4) is 0 Å². The Kier molecular flexibility index (Phi) is 7.71. The van der Waals surface area contributed by atoms with Crippen LogP contribution in [0.2, 0.25) is 5.04 Å². The van der Waals surface area contributed by atoms with Gasteiger partial charge in [0.2, 0.25) is 0 Å². The maximum absolute atomic E-state index is 3.78. The Morgan fingerprint density at radius 2 is 1.81 bits per heavy atom. The van der Waals surface area contributed by atoms with E-state index in [9.17, 15) is 0 Å². The molecule has 0 aromatic heterocycles. The van der Waals surface area contributed by atoms with Gasteiger partial charge in [0, 0.05) is 0 Å². The topological polar surface area (TPSA) is 0 Å². The maximum Gasteiger partial charge on any atom is 2.00 e. The summed E-state index contributed by atoms with van der Waals surface area (Å²) in [5, 5.41) is 0.458. The van der Waals surface area contributed by atoms with Gasteiger partial charge in [-0.2, -0.15) is 32.8 Å². The molecule has 2 heteroatoms. The van der Waals surface area contributed by atoms with Gasteiger partial charge in [-0.1, -0.05) is 51.5 Å². The molecule has 0 amide bonds. The van der Waals surface area contributed by atoms with Crippen molar-refractivity contribution < 1.29 is 21.7 Å². The van der Waals surface area contributed by atoms with E-state index in [1.54, 1.807) is 11.1 Å². The van der Waals surface area contributed by atoms with E-state index in [2.05, 4.69) is 45.5 Å². The molecule has 2 radical (unpaired) electrons. The Balaban J connectivity index is 0.000000289. The molecule has 0 saturated heterocycles. The largest absolute Gasteiger partial charge is 2.00 e. The summed E-state index contributed by atoms with van der Waals surface area (Å²) in [6, 6.07) is 6.69. The maximum atomic E-state index is 3.78. The Bertz CT molecular complexity index is 263. The normalized spacial score (nSPS) is 14.2. The van der Waals surface area contributed by atoms with Crippen LogP contribution in [-0.4, -0.2) is 9.52 Å². The summed E-state index contributed by atoms with van der Waals surface area (Å²) in [6.45, 7) is 10.4. The molecule has 0 N–H and O–H groups in total. The first-order valence-corrected chi connectivity index (χ1v) is 7.01. The summed E-state index contributed by atoms with van der Waals surface area (Å²) in [6.07, 6.45) is 5.44. The van der Waals surface area contributed by atoms with Crippen LogP contribution in [0, 0.1) is 6.55 Å². The summed E-state index contributed by atoms with van der Waals surface area (Å²) in [4.78, 5) is 0. The second-order valence-electron chi connectivity index (χ2n) is 5.21. The van der Waals surface area contributed by atoms with Crippen LogP contribution < -0.4 is 0 Å². The van der Waals surface area contributed by atoms with Gasteiger partial charge in [0.1, 0.15) is 0 Å². The zero-order valence-corrected chi connectivity index (χ0v) is 13.3. The first-order chi connectivity index (χ1) is 7.03. The smallest absolute Gasteiger partial charge is 0.349 e. The fraction of sp³-hybridized carbons (Fsp3) is 0.571. The molecule has 1 aliphatic rings. The molecule has 2 rings (SSSR count). The van der Waals surface area contributed by atoms with Crippen molar-refractivity contribution in [2.24, 2.45) is 0 Å². The van der Waals surface area contributed by atoms with Gasteiger partial charge in [-0.3, -0.25) is 0 Å². The van der Waals surface area contributed by atoms with Crippen molar-refractivity contribution in [1.29, 1.82) is 0 Å². The predicted octanol–water partition coefficient (Wildman–Crippen LogP) is 3.98. The second-order valence-corrected chi connectivity index (χ2v) is 7.06. The molecule has 1 aromatic rings. The Labute approximate surface area is 118 Å². The van der Waals surface area contributed by atoms with Gasteiger partial charge in [-0.15, -0.1) is 0 Å². The molecular formula is C14H22SiTi. The van der Waals surface area contributed by atoms with E-state index >= 15 is 0 Å². The van der Waals surface area contributed by atoms with Crippen molar-refractivity contribution in [2.75, 3.05) is 0 Å². The average Bonchev–Trinajstić information content (AvgIpc) is 2.65. The predicted molar refractivity (Wildman–Crippen MR) is 69.5 cm³/mol. The van der Waals surface area contributed by atoms with Crippen LogP contribution in [0.25, 0.3) is 0 Å². The molecule has 0 fully saturated rings. The number of aryl methyl sites for hydroxylation is 2. The monoisotopic (exact) mass is 266 g/mol. The Morgan fingerprint density at radius 1 is 1.25 bits per heavy atom. The van der Waals surface area contributed by atoms with Gasteiger partial charge >= 0.3 is 21.7 Å². The molecule has 0 bridgehead atoms. The minimum Gasteiger partial charge on any atom is -0.349 e. The van der Waals surface area contributed by atoms with Crippen LogP contribution in [0.3, 0.4) is 0 Å². The Hall–Kier alpha value is 0.281. The van der Waals surface area contributed by atoms with Gasteiger partial charge in [-0.25, -0.2) is 6.07 Å². The number of hydrogen-bond donors (Lipinski definition) is 0. The molecule has 0 saturated carbocycles. The van der Waals surface area contributed by atoms with Gasteiger partial charge in [0.15, 0.2) is 0 Å². The van der Waals surface area contributed by atoms with Crippen molar-refractivity contribution in [2.45, 2.75) is 51.5 Å². The minimum atomic E-state index is 0. The van der Waals surface area contributed by atoms with E-state index in [1.807, 2.05) is 0 Å². The number of fused-ring (bicyclic) bond motifs is 1. The van der Waals surface area contributed by atoms with E-state index in [0.717, 1.165) is 9.52 Å². The zero-order valence-electron chi connectivity index (χ0n) is 10.8. The molecule has 1 aromatic carbocycles. The summed E-state index contributed by atoms with van der Waals surface area (Å²) >= 11 is 0. The molecule has 16 heavy (non-hydrogen) atoms. The van der Waals surface area contributed by atoms with E-state index in [0.29, 0.717) is 5.04 Å². The molecule has 1 aliphatic carbocycles. The zero-order chi connectivity index (χ0) is 11.3. The summed E-state index contributed by atoms with van der Waals surface area (Å²) in [7, 11) is 0.817. The van der Waals surface area contributed by atoms with Crippen LogP contribution >= 0.6 is 0 Å². The van der Waals surface area contributed by atoms with Crippen LogP contribution in [-0.2, 0) is 34.6 Å². The van der Waals surface area contributed by atoms with Crippen molar-refractivity contribution in [3.05, 3.63) is 35.9 Å². The first kappa shape index (κ1) is 16.3. The second kappa shape index (κ2) is 7.58. The first-order valence-electron chi connectivity index (χ1n) is 5.80. The quantitative estimate of drug-likeness (QED) is 0.492. The van der Waals surface area contributed by atoms with Crippen molar-refractivity contribution in [1.82, 2.24) is 0 Å². The van der Waals surface area contributed by atoms with E-state index < -0.39 is 0 Å². The molecule has 0 unspecified atom stereocenters.